The second-order valence-electron chi connectivity index (χ2n) is 7.16. The molecule has 9 nitrogen and oxygen atoms in total. The van der Waals surface area contributed by atoms with Gasteiger partial charge in [-0.3, -0.25) is 9.69 Å². The van der Waals surface area contributed by atoms with Crippen molar-refractivity contribution in [3.63, 3.8) is 0 Å². The molecule has 0 bridgehead atoms. The first kappa shape index (κ1) is 22.3. The third kappa shape index (κ3) is 5.01. The van der Waals surface area contributed by atoms with Crippen LogP contribution in [0.1, 0.15) is 29.5 Å². The third-order valence-corrected chi connectivity index (χ3v) is 7.12. The average molecular weight is 434 g/mol. The quantitative estimate of drug-likeness (QED) is 0.672. The topological polar surface area (TPSA) is 116 Å². The SMILES string of the molecule is CC[C@H](CO)N1CCN(S(=O)(=O)c2cccc(C(=O)Nc3ccnc(C)n3)c2)CC1. The molecule has 30 heavy (non-hydrogen) atoms. The predicted octanol–water partition coefficient (Wildman–Crippen LogP) is 1.11. The first-order valence-corrected chi connectivity index (χ1v) is 11.3. The van der Waals surface area contributed by atoms with Crippen molar-refractivity contribution in [2.75, 3.05) is 38.1 Å². The first-order chi connectivity index (χ1) is 14.3. The molecule has 1 fully saturated rings. The van der Waals surface area contributed by atoms with Crippen LogP contribution in [-0.4, -0.2) is 77.4 Å². The molecule has 1 atom stereocenters. The highest BCUT2D eigenvalue weighted by atomic mass is 32.2. The minimum atomic E-state index is -3.72. The molecule has 0 radical (unpaired) electrons. The van der Waals surface area contributed by atoms with Crippen LogP contribution < -0.4 is 5.32 Å². The molecule has 0 aliphatic carbocycles. The molecule has 1 saturated heterocycles. The maximum absolute atomic E-state index is 13.1. The molecule has 0 unspecified atom stereocenters. The Morgan fingerprint density at radius 1 is 1.23 bits per heavy atom. The van der Waals surface area contributed by atoms with Crippen LogP contribution in [-0.2, 0) is 10.0 Å². The fourth-order valence-electron chi connectivity index (χ4n) is 3.47. The smallest absolute Gasteiger partial charge is 0.256 e. The highest BCUT2D eigenvalue weighted by Gasteiger charge is 2.30. The van der Waals surface area contributed by atoms with Gasteiger partial charge in [-0.1, -0.05) is 13.0 Å². The Labute approximate surface area is 176 Å². The molecule has 1 aliphatic heterocycles. The number of carbonyl (C=O) groups excluding carboxylic acids is 1. The Bertz CT molecular complexity index is 986. The molecule has 1 aromatic carbocycles. The van der Waals surface area contributed by atoms with E-state index < -0.39 is 15.9 Å². The fraction of sp³-hybridized carbons (Fsp3) is 0.450. The third-order valence-electron chi connectivity index (χ3n) is 5.22. The van der Waals surface area contributed by atoms with Crippen LogP contribution in [0.5, 0.6) is 0 Å². The summed E-state index contributed by atoms with van der Waals surface area (Å²) in [5, 5.41) is 12.1. The summed E-state index contributed by atoms with van der Waals surface area (Å²) in [6, 6.07) is 7.62. The molecule has 1 aromatic heterocycles. The average Bonchev–Trinajstić information content (AvgIpc) is 2.75. The fourth-order valence-corrected chi connectivity index (χ4v) is 4.94. The lowest BCUT2D eigenvalue weighted by atomic mass is 10.2. The zero-order chi connectivity index (χ0) is 21.7. The van der Waals surface area contributed by atoms with Crippen molar-refractivity contribution in [1.82, 2.24) is 19.2 Å². The van der Waals surface area contributed by atoms with Crippen molar-refractivity contribution in [2.24, 2.45) is 0 Å². The van der Waals surface area contributed by atoms with Crippen LogP contribution in [0.25, 0.3) is 0 Å². The molecule has 162 valence electrons. The number of nitrogens with zero attached hydrogens (tertiary/aromatic N) is 4. The number of aromatic nitrogens is 2. The van der Waals surface area contributed by atoms with Gasteiger partial charge < -0.3 is 10.4 Å². The second-order valence-corrected chi connectivity index (χ2v) is 9.09. The number of benzene rings is 1. The summed E-state index contributed by atoms with van der Waals surface area (Å²) in [7, 11) is -3.72. The van der Waals surface area contributed by atoms with Crippen molar-refractivity contribution in [1.29, 1.82) is 0 Å². The van der Waals surface area contributed by atoms with Crippen LogP contribution in [0, 0.1) is 6.92 Å². The number of hydrogen-bond donors (Lipinski definition) is 2. The van der Waals surface area contributed by atoms with Crippen molar-refractivity contribution in [3.8, 4) is 0 Å². The number of sulfonamides is 1. The van der Waals surface area contributed by atoms with Crippen LogP contribution >= 0.6 is 0 Å². The maximum atomic E-state index is 13.1. The number of aliphatic hydroxyl groups is 1. The summed E-state index contributed by atoms with van der Waals surface area (Å²) < 4.78 is 27.6. The van der Waals surface area contributed by atoms with Crippen molar-refractivity contribution < 1.29 is 18.3 Å². The van der Waals surface area contributed by atoms with Gasteiger partial charge in [0.25, 0.3) is 5.91 Å². The Hall–Kier alpha value is -2.40. The van der Waals surface area contributed by atoms with Crippen molar-refractivity contribution >= 4 is 21.7 Å². The Balaban J connectivity index is 1.72. The number of piperazine rings is 1. The summed E-state index contributed by atoms with van der Waals surface area (Å²) in [6.45, 7) is 5.59. The van der Waals surface area contributed by atoms with E-state index in [-0.39, 0.29) is 23.1 Å². The molecule has 2 aromatic rings. The summed E-state index contributed by atoms with van der Waals surface area (Å²) in [5.74, 6) is 0.435. The lowest BCUT2D eigenvalue weighted by Gasteiger charge is -2.37. The minimum Gasteiger partial charge on any atom is -0.395 e. The van der Waals surface area contributed by atoms with Gasteiger partial charge in [-0.05, 0) is 37.6 Å². The Morgan fingerprint density at radius 2 is 1.97 bits per heavy atom. The molecule has 1 amide bonds. The van der Waals surface area contributed by atoms with E-state index in [1.165, 1.54) is 16.4 Å². The normalized spacial score (nSPS) is 16.9. The number of amides is 1. The standard InChI is InChI=1S/C20H27N5O4S/c1-3-17(14-26)24-9-11-25(12-10-24)30(28,29)18-6-4-5-16(13-18)20(27)23-19-7-8-21-15(2)22-19/h4-8,13,17,26H,3,9-12,14H2,1-2H3,(H,21,22,23,27)/t17-/m1/s1. The lowest BCUT2D eigenvalue weighted by Crippen LogP contribution is -2.52. The molecule has 10 heteroatoms. The van der Waals surface area contributed by atoms with E-state index >= 15 is 0 Å². The van der Waals surface area contributed by atoms with E-state index in [1.807, 2.05) is 6.92 Å². The van der Waals surface area contributed by atoms with Crippen molar-refractivity contribution in [2.45, 2.75) is 31.2 Å². The number of nitrogens with one attached hydrogen (secondary N) is 1. The predicted molar refractivity (Wildman–Crippen MR) is 113 cm³/mol. The molecule has 3 rings (SSSR count). The van der Waals surface area contributed by atoms with Crippen molar-refractivity contribution in [3.05, 3.63) is 47.9 Å². The largest absolute Gasteiger partial charge is 0.395 e. The first-order valence-electron chi connectivity index (χ1n) is 9.91. The van der Waals surface area contributed by atoms with Gasteiger partial charge in [0.05, 0.1) is 11.5 Å². The Morgan fingerprint density at radius 3 is 2.60 bits per heavy atom. The number of anilines is 1. The number of aryl methyl sites for hydroxylation is 1. The Kier molecular flexibility index (Phi) is 7.14. The lowest BCUT2D eigenvalue weighted by molar-refractivity contribution is 0.0881. The highest BCUT2D eigenvalue weighted by molar-refractivity contribution is 7.89. The molecule has 2 N–H and O–H groups in total. The van der Waals surface area contributed by atoms with Gasteiger partial charge >= 0.3 is 0 Å². The van der Waals surface area contributed by atoms with Crippen LogP contribution in [0.2, 0.25) is 0 Å². The van der Waals surface area contributed by atoms with Crippen LogP contribution in [0.15, 0.2) is 41.4 Å². The van der Waals surface area contributed by atoms with Gasteiger partial charge in [0, 0.05) is 44.0 Å². The van der Waals surface area contributed by atoms with Gasteiger partial charge in [-0.15, -0.1) is 0 Å². The van der Waals surface area contributed by atoms with E-state index in [1.54, 1.807) is 31.3 Å². The minimum absolute atomic E-state index is 0.0484. The number of hydrogen-bond acceptors (Lipinski definition) is 7. The van der Waals surface area contributed by atoms with Crippen LogP contribution in [0.3, 0.4) is 0 Å². The molecular weight excluding hydrogens is 406 g/mol. The van der Waals surface area contributed by atoms with E-state index in [9.17, 15) is 18.3 Å². The number of rotatable bonds is 7. The van der Waals surface area contributed by atoms with Crippen LogP contribution in [0.4, 0.5) is 5.82 Å². The molecular formula is C20H27N5O4S. The van der Waals surface area contributed by atoms with Gasteiger partial charge in [0.15, 0.2) is 0 Å². The van der Waals surface area contributed by atoms with E-state index in [0.717, 1.165) is 6.42 Å². The van der Waals surface area contributed by atoms with E-state index in [2.05, 4.69) is 20.2 Å². The van der Waals surface area contributed by atoms with E-state index in [4.69, 9.17) is 0 Å². The van der Waals surface area contributed by atoms with E-state index in [0.29, 0.717) is 37.8 Å². The summed E-state index contributed by atoms with van der Waals surface area (Å²) in [6.07, 6.45) is 2.35. The van der Waals surface area contributed by atoms with Gasteiger partial charge in [0.1, 0.15) is 11.6 Å². The summed E-state index contributed by atoms with van der Waals surface area (Å²) in [5.41, 5.74) is 0.234. The monoisotopic (exact) mass is 433 g/mol. The number of carbonyl (C=O) groups is 1. The molecule has 2 heterocycles. The summed E-state index contributed by atoms with van der Waals surface area (Å²) >= 11 is 0. The van der Waals surface area contributed by atoms with Gasteiger partial charge in [-0.2, -0.15) is 4.31 Å². The molecule has 1 aliphatic rings. The second kappa shape index (κ2) is 9.61. The van der Waals surface area contributed by atoms with Gasteiger partial charge in [0.2, 0.25) is 10.0 Å². The highest BCUT2D eigenvalue weighted by Crippen LogP contribution is 2.20. The van der Waals surface area contributed by atoms with Gasteiger partial charge in [-0.25, -0.2) is 18.4 Å². The maximum Gasteiger partial charge on any atom is 0.256 e. The number of aliphatic hydroxyl groups excluding tert-OH is 1. The molecule has 0 spiro atoms. The molecule has 0 saturated carbocycles. The summed E-state index contributed by atoms with van der Waals surface area (Å²) in [4.78, 5) is 22.9. The zero-order valence-electron chi connectivity index (χ0n) is 17.2. The zero-order valence-corrected chi connectivity index (χ0v) is 18.0.